The van der Waals surface area contributed by atoms with Gasteiger partial charge in [-0.25, -0.2) is 0 Å². The van der Waals surface area contributed by atoms with Crippen LogP contribution in [0.2, 0.25) is 0 Å². The summed E-state index contributed by atoms with van der Waals surface area (Å²) in [7, 11) is 0. The van der Waals surface area contributed by atoms with Gasteiger partial charge in [0, 0.05) is 39.1 Å². The normalized spacial score (nSPS) is 16.1. The third kappa shape index (κ3) is 9.47. The Labute approximate surface area is 142 Å². The summed E-state index contributed by atoms with van der Waals surface area (Å²) in [4.78, 5) is 18.1. The second-order valence-corrected chi connectivity index (χ2v) is 7.54. The lowest BCUT2D eigenvalue weighted by Crippen LogP contribution is -2.38. The molecule has 0 aliphatic carbocycles. The van der Waals surface area contributed by atoms with Crippen molar-refractivity contribution in [2.24, 2.45) is 10.4 Å². The Morgan fingerprint density at radius 3 is 2.61 bits per heavy atom. The summed E-state index contributed by atoms with van der Waals surface area (Å²) in [6.45, 7) is 13.3. The highest BCUT2D eigenvalue weighted by atomic mass is 16.2. The number of aliphatic imine (C=N–C) groups is 1. The maximum absolute atomic E-state index is 11.5. The fourth-order valence-electron chi connectivity index (χ4n) is 2.72. The lowest BCUT2D eigenvalue weighted by Gasteiger charge is -2.18. The molecule has 1 heterocycles. The zero-order valence-corrected chi connectivity index (χ0v) is 15.6. The molecule has 1 saturated heterocycles. The highest BCUT2D eigenvalue weighted by Gasteiger charge is 2.18. The number of carbonyl (C=O) groups excluding carboxylic acids is 1. The van der Waals surface area contributed by atoms with Crippen molar-refractivity contribution < 1.29 is 4.79 Å². The first-order valence-corrected chi connectivity index (χ1v) is 9.22. The average Bonchev–Trinajstić information content (AvgIpc) is 2.87. The molecule has 0 aromatic heterocycles. The number of carbonyl (C=O) groups is 1. The number of rotatable bonds is 9. The van der Waals surface area contributed by atoms with Gasteiger partial charge in [-0.2, -0.15) is 0 Å². The molecule has 1 fully saturated rings. The standard InChI is InChI=1S/C18H36N4O/c1-5-19-17(20-12-7-6-11-18(2,3)4)21-13-9-15-22-14-8-10-16(22)23/h5-15H2,1-4H3,(H2,19,20,21). The Morgan fingerprint density at radius 2 is 2.00 bits per heavy atom. The van der Waals surface area contributed by atoms with E-state index in [9.17, 15) is 4.79 Å². The molecular formula is C18H36N4O. The quantitative estimate of drug-likeness (QED) is 0.389. The highest BCUT2D eigenvalue weighted by Crippen LogP contribution is 2.21. The van der Waals surface area contributed by atoms with E-state index >= 15 is 0 Å². The molecule has 1 rings (SSSR count). The maximum atomic E-state index is 11.5. The van der Waals surface area contributed by atoms with Crippen LogP contribution in [0.3, 0.4) is 0 Å². The number of likely N-dealkylation sites (tertiary alicyclic amines) is 1. The monoisotopic (exact) mass is 324 g/mol. The Morgan fingerprint density at radius 1 is 1.22 bits per heavy atom. The van der Waals surface area contributed by atoms with Gasteiger partial charge in [-0.1, -0.05) is 27.2 Å². The molecule has 0 atom stereocenters. The van der Waals surface area contributed by atoms with Crippen LogP contribution < -0.4 is 10.6 Å². The molecule has 134 valence electrons. The summed E-state index contributed by atoms with van der Waals surface area (Å²) < 4.78 is 0. The van der Waals surface area contributed by atoms with Crippen LogP contribution in [-0.4, -0.2) is 49.5 Å². The van der Waals surface area contributed by atoms with Gasteiger partial charge in [0.2, 0.25) is 5.91 Å². The molecule has 5 heteroatoms. The molecule has 0 spiro atoms. The van der Waals surface area contributed by atoms with Crippen molar-refractivity contribution in [1.82, 2.24) is 15.5 Å². The predicted octanol–water partition coefficient (Wildman–Crippen LogP) is 2.77. The maximum Gasteiger partial charge on any atom is 0.222 e. The minimum atomic E-state index is 0.304. The molecule has 1 amide bonds. The van der Waals surface area contributed by atoms with Gasteiger partial charge in [0.25, 0.3) is 0 Å². The van der Waals surface area contributed by atoms with Gasteiger partial charge in [-0.3, -0.25) is 9.79 Å². The number of unbranched alkanes of at least 4 members (excludes halogenated alkanes) is 1. The molecule has 0 saturated carbocycles. The lowest BCUT2D eigenvalue weighted by molar-refractivity contribution is -0.127. The van der Waals surface area contributed by atoms with Gasteiger partial charge in [-0.15, -0.1) is 0 Å². The fraction of sp³-hybridized carbons (Fsp3) is 0.889. The molecule has 0 bridgehead atoms. The third-order valence-corrected chi connectivity index (χ3v) is 4.02. The number of amides is 1. The first-order valence-electron chi connectivity index (χ1n) is 9.22. The van der Waals surface area contributed by atoms with E-state index in [1.54, 1.807) is 0 Å². The van der Waals surface area contributed by atoms with Crippen LogP contribution in [0.5, 0.6) is 0 Å². The zero-order chi connectivity index (χ0) is 17.1. The largest absolute Gasteiger partial charge is 0.357 e. The molecule has 0 aromatic carbocycles. The van der Waals surface area contributed by atoms with Crippen molar-refractivity contribution in [3.63, 3.8) is 0 Å². The molecule has 1 aliphatic heterocycles. The zero-order valence-electron chi connectivity index (χ0n) is 15.6. The number of hydrogen-bond acceptors (Lipinski definition) is 2. The van der Waals surface area contributed by atoms with Crippen molar-refractivity contribution in [3.05, 3.63) is 0 Å². The van der Waals surface area contributed by atoms with E-state index in [0.29, 0.717) is 11.3 Å². The van der Waals surface area contributed by atoms with Crippen LogP contribution in [0.1, 0.15) is 66.2 Å². The first kappa shape index (κ1) is 19.8. The summed E-state index contributed by atoms with van der Waals surface area (Å²) in [5.74, 6) is 1.20. The third-order valence-electron chi connectivity index (χ3n) is 4.02. The van der Waals surface area contributed by atoms with Crippen molar-refractivity contribution in [1.29, 1.82) is 0 Å². The van der Waals surface area contributed by atoms with Crippen molar-refractivity contribution in [2.75, 3.05) is 32.7 Å². The smallest absolute Gasteiger partial charge is 0.222 e. The second kappa shape index (κ2) is 10.5. The van der Waals surface area contributed by atoms with E-state index in [-0.39, 0.29) is 0 Å². The first-order chi connectivity index (χ1) is 10.9. The minimum Gasteiger partial charge on any atom is -0.357 e. The average molecular weight is 325 g/mol. The van der Waals surface area contributed by atoms with Gasteiger partial charge in [0.1, 0.15) is 0 Å². The lowest BCUT2D eigenvalue weighted by atomic mass is 9.90. The summed E-state index contributed by atoms with van der Waals surface area (Å²) >= 11 is 0. The molecule has 0 radical (unpaired) electrons. The second-order valence-electron chi connectivity index (χ2n) is 7.54. The molecule has 0 aromatic rings. The molecule has 23 heavy (non-hydrogen) atoms. The Kier molecular flexibility index (Phi) is 9.03. The van der Waals surface area contributed by atoms with E-state index in [4.69, 9.17) is 0 Å². The number of hydrogen-bond donors (Lipinski definition) is 2. The van der Waals surface area contributed by atoms with Crippen LogP contribution in [0, 0.1) is 5.41 Å². The van der Waals surface area contributed by atoms with E-state index < -0.39 is 0 Å². The Hall–Kier alpha value is -1.26. The van der Waals surface area contributed by atoms with E-state index in [0.717, 1.165) is 57.9 Å². The fourth-order valence-corrected chi connectivity index (χ4v) is 2.72. The Bertz CT molecular complexity index is 374. The highest BCUT2D eigenvalue weighted by molar-refractivity contribution is 5.79. The van der Waals surface area contributed by atoms with Crippen LogP contribution in [0.25, 0.3) is 0 Å². The number of nitrogens with zero attached hydrogens (tertiary/aromatic N) is 2. The van der Waals surface area contributed by atoms with Crippen molar-refractivity contribution in [3.8, 4) is 0 Å². The summed E-state index contributed by atoms with van der Waals surface area (Å²) in [5.41, 5.74) is 0.422. The van der Waals surface area contributed by atoms with Gasteiger partial charge < -0.3 is 15.5 Å². The van der Waals surface area contributed by atoms with E-state index in [1.165, 1.54) is 19.3 Å². The minimum absolute atomic E-state index is 0.304. The van der Waals surface area contributed by atoms with Crippen molar-refractivity contribution in [2.45, 2.75) is 66.2 Å². The SMILES string of the molecule is CCNC(=NCCCN1CCCC1=O)NCCCCC(C)(C)C. The van der Waals surface area contributed by atoms with Crippen LogP contribution in [-0.2, 0) is 4.79 Å². The van der Waals surface area contributed by atoms with Gasteiger partial charge >= 0.3 is 0 Å². The van der Waals surface area contributed by atoms with Crippen LogP contribution in [0.4, 0.5) is 0 Å². The molecule has 0 unspecified atom stereocenters. The predicted molar refractivity (Wildman–Crippen MR) is 97.7 cm³/mol. The summed E-state index contributed by atoms with van der Waals surface area (Å²) in [5, 5.41) is 6.69. The molecular weight excluding hydrogens is 288 g/mol. The molecule has 2 N–H and O–H groups in total. The number of guanidine groups is 1. The topological polar surface area (TPSA) is 56.7 Å². The van der Waals surface area contributed by atoms with Gasteiger partial charge in [0.15, 0.2) is 5.96 Å². The van der Waals surface area contributed by atoms with E-state index in [1.807, 2.05) is 4.90 Å². The van der Waals surface area contributed by atoms with E-state index in [2.05, 4.69) is 43.3 Å². The molecule has 1 aliphatic rings. The summed E-state index contributed by atoms with van der Waals surface area (Å²) in [6.07, 6.45) is 6.35. The van der Waals surface area contributed by atoms with Crippen molar-refractivity contribution >= 4 is 11.9 Å². The number of nitrogens with one attached hydrogen (secondary N) is 2. The Balaban J connectivity index is 2.17. The van der Waals surface area contributed by atoms with Gasteiger partial charge in [0.05, 0.1) is 0 Å². The van der Waals surface area contributed by atoms with Gasteiger partial charge in [-0.05, 0) is 38.0 Å². The van der Waals surface area contributed by atoms with Crippen LogP contribution >= 0.6 is 0 Å². The molecule has 5 nitrogen and oxygen atoms in total. The summed E-state index contributed by atoms with van der Waals surface area (Å²) in [6, 6.07) is 0. The van der Waals surface area contributed by atoms with Crippen LogP contribution in [0.15, 0.2) is 4.99 Å².